The Balaban J connectivity index is 2.24. The fourth-order valence-corrected chi connectivity index (χ4v) is 3.05. The van der Waals surface area contributed by atoms with Gasteiger partial charge in [-0.25, -0.2) is 0 Å². The molecule has 2 aliphatic rings. The molecule has 92 valence electrons. The van der Waals surface area contributed by atoms with E-state index in [1.54, 1.807) is 6.08 Å². The Morgan fingerprint density at radius 3 is 2.76 bits per heavy atom. The third-order valence-corrected chi connectivity index (χ3v) is 4.13. The lowest BCUT2D eigenvalue weighted by molar-refractivity contribution is -0.132. The van der Waals surface area contributed by atoms with Gasteiger partial charge in [-0.05, 0) is 31.8 Å². The molecule has 0 bridgehead atoms. The lowest BCUT2D eigenvalue weighted by Crippen LogP contribution is -2.36. The van der Waals surface area contributed by atoms with Crippen molar-refractivity contribution in [3.05, 3.63) is 22.8 Å². The van der Waals surface area contributed by atoms with E-state index in [0.29, 0.717) is 23.4 Å². The third kappa shape index (κ3) is 2.63. The summed E-state index contributed by atoms with van der Waals surface area (Å²) in [5.74, 6) is -0.877. The molecular weight excluding hydrogens is 259 g/mol. The van der Waals surface area contributed by atoms with Crippen LogP contribution in [0, 0.1) is 5.92 Å². The highest BCUT2D eigenvalue weighted by molar-refractivity contribution is 6.35. The van der Waals surface area contributed by atoms with Gasteiger partial charge in [0.2, 0.25) is 0 Å². The topological polar surface area (TPSA) is 34.1 Å². The van der Waals surface area contributed by atoms with Crippen molar-refractivity contribution < 1.29 is 9.59 Å². The van der Waals surface area contributed by atoms with Crippen LogP contribution in [0.25, 0.3) is 0 Å². The second kappa shape index (κ2) is 5.36. The van der Waals surface area contributed by atoms with Crippen molar-refractivity contribution in [3.8, 4) is 0 Å². The van der Waals surface area contributed by atoms with Gasteiger partial charge in [0.25, 0.3) is 0 Å². The highest BCUT2D eigenvalue weighted by Gasteiger charge is 2.38. The summed E-state index contributed by atoms with van der Waals surface area (Å²) in [6, 6.07) is 0. The van der Waals surface area contributed by atoms with Crippen LogP contribution in [0.1, 0.15) is 32.1 Å². The molecule has 0 saturated heterocycles. The summed E-state index contributed by atoms with van der Waals surface area (Å²) in [6.07, 6.45) is 7.04. The van der Waals surface area contributed by atoms with Gasteiger partial charge >= 0.3 is 0 Å². The summed E-state index contributed by atoms with van der Waals surface area (Å²) in [7, 11) is 0. The number of allylic oxidation sites excluding steroid dienone is 4. The number of halogens is 2. The fraction of sp³-hybridized carbons (Fsp3) is 0.538. The summed E-state index contributed by atoms with van der Waals surface area (Å²) in [5, 5.41) is 0.0927. The first-order valence-electron chi connectivity index (χ1n) is 5.87. The molecule has 0 N–H and O–H groups in total. The zero-order chi connectivity index (χ0) is 12.4. The van der Waals surface area contributed by atoms with E-state index in [2.05, 4.69) is 0 Å². The molecule has 0 aromatic heterocycles. The van der Waals surface area contributed by atoms with E-state index in [-0.39, 0.29) is 16.9 Å². The van der Waals surface area contributed by atoms with Crippen molar-refractivity contribution in [1.29, 1.82) is 0 Å². The number of carbonyl (C=O) groups is 2. The molecule has 0 spiro atoms. The van der Waals surface area contributed by atoms with Gasteiger partial charge in [0.15, 0.2) is 5.78 Å². The summed E-state index contributed by atoms with van der Waals surface area (Å²) in [4.78, 5) is 24.1. The number of Topliss-reactive ketones (excluding diaryl/α,β-unsaturated/α-hetero) is 2. The van der Waals surface area contributed by atoms with Crippen molar-refractivity contribution in [2.75, 3.05) is 0 Å². The first kappa shape index (κ1) is 12.8. The van der Waals surface area contributed by atoms with Gasteiger partial charge in [-0.1, -0.05) is 17.7 Å². The highest BCUT2D eigenvalue weighted by atomic mass is 35.5. The van der Waals surface area contributed by atoms with E-state index < -0.39 is 5.92 Å². The van der Waals surface area contributed by atoms with Crippen molar-refractivity contribution >= 4 is 34.8 Å². The number of alkyl halides is 1. The molecule has 0 amide bonds. The zero-order valence-electron chi connectivity index (χ0n) is 9.42. The van der Waals surface area contributed by atoms with Crippen LogP contribution >= 0.6 is 23.2 Å². The maximum atomic E-state index is 12.3. The number of carbonyl (C=O) groups excluding carboxylic acids is 2. The van der Waals surface area contributed by atoms with E-state index in [9.17, 15) is 9.59 Å². The van der Waals surface area contributed by atoms with Crippen LogP contribution in [0.5, 0.6) is 0 Å². The van der Waals surface area contributed by atoms with Crippen LogP contribution in [0.4, 0.5) is 0 Å². The van der Waals surface area contributed by atoms with E-state index in [0.717, 1.165) is 19.3 Å². The van der Waals surface area contributed by atoms with E-state index in [4.69, 9.17) is 23.2 Å². The molecule has 2 atom stereocenters. The normalized spacial score (nSPS) is 29.6. The van der Waals surface area contributed by atoms with Gasteiger partial charge in [-0.3, -0.25) is 9.59 Å². The smallest absolute Gasteiger partial charge is 0.172 e. The minimum absolute atomic E-state index is 0.0345. The molecule has 17 heavy (non-hydrogen) atoms. The molecule has 2 unspecified atom stereocenters. The maximum Gasteiger partial charge on any atom is 0.172 e. The molecule has 2 nitrogen and oxygen atoms in total. The predicted octanol–water partition coefficient (Wildman–Crippen LogP) is 3.38. The van der Waals surface area contributed by atoms with Crippen LogP contribution in [-0.4, -0.2) is 16.9 Å². The Labute approximate surface area is 111 Å². The largest absolute Gasteiger partial charge is 0.299 e. The van der Waals surface area contributed by atoms with Crippen molar-refractivity contribution in [2.45, 2.75) is 37.5 Å². The molecule has 0 aromatic rings. The molecule has 1 saturated carbocycles. The van der Waals surface area contributed by atoms with Crippen molar-refractivity contribution in [1.82, 2.24) is 0 Å². The monoisotopic (exact) mass is 272 g/mol. The molecular formula is C13H14Cl2O2. The average Bonchev–Trinajstić information content (AvgIpc) is 2.29. The highest BCUT2D eigenvalue weighted by Crippen LogP contribution is 2.32. The van der Waals surface area contributed by atoms with Crippen molar-refractivity contribution in [3.63, 3.8) is 0 Å². The van der Waals surface area contributed by atoms with Gasteiger partial charge in [0.1, 0.15) is 5.78 Å². The summed E-state index contributed by atoms with van der Waals surface area (Å²) < 4.78 is 0. The Kier molecular flexibility index (Phi) is 4.05. The maximum absolute atomic E-state index is 12.3. The van der Waals surface area contributed by atoms with Crippen LogP contribution in [0.2, 0.25) is 0 Å². The summed E-state index contributed by atoms with van der Waals surface area (Å²) >= 11 is 12.1. The second-order valence-corrected chi connectivity index (χ2v) is 5.45. The Hall–Kier alpha value is -0.600. The summed E-state index contributed by atoms with van der Waals surface area (Å²) in [6.45, 7) is 0. The third-order valence-electron chi connectivity index (χ3n) is 3.31. The Morgan fingerprint density at radius 2 is 2.12 bits per heavy atom. The lowest BCUT2D eigenvalue weighted by atomic mass is 9.80. The minimum Gasteiger partial charge on any atom is -0.299 e. The molecule has 2 aliphatic carbocycles. The second-order valence-electron chi connectivity index (χ2n) is 4.48. The lowest BCUT2D eigenvalue weighted by Gasteiger charge is -2.26. The molecule has 0 aliphatic heterocycles. The molecule has 0 heterocycles. The first-order chi connectivity index (χ1) is 8.11. The molecule has 2 rings (SSSR count). The quantitative estimate of drug-likeness (QED) is 0.571. The molecule has 0 aromatic carbocycles. The summed E-state index contributed by atoms with van der Waals surface area (Å²) in [5.41, 5.74) is 0.570. The van der Waals surface area contributed by atoms with E-state index in [1.807, 2.05) is 6.08 Å². The fourth-order valence-electron chi connectivity index (χ4n) is 2.37. The van der Waals surface area contributed by atoms with Gasteiger partial charge in [0.05, 0.1) is 11.3 Å². The molecule has 0 radical (unpaired) electrons. The number of ketones is 2. The first-order valence-corrected chi connectivity index (χ1v) is 6.69. The SMILES string of the molecule is O=C1CCCC(Cl)C1C(=O)C1=C(Cl)C=CCC1. The Morgan fingerprint density at radius 1 is 1.35 bits per heavy atom. The predicted molar refractivity (Wildman–Crippen MR) is 68.2 cm³/mol. The van der Waals surface area contributed by atoms with Crippen LogP contribution in [0.15, 0.2) is 22.8 Å². The average molecular weight is 273 g/mol. The minimum atomic E-state index is -0.680. The van der Waals surface area contributed by atoms with Crippen LogP contribution in [0.3, 0.4) is 0 Å². The molecule has 1 fully saturated rings. The van der Waals surface area contributed by atoms with Crippen LogP contribution < -0.4 is 0 Å². The molecule has 4 heteroatoms. The van der Waals surface area contributed by atoms with E-state index >= 15 is 0 Å². The zero-order valence-corrected chi connectivity index (χ0v) is 10.9. The number of hydrogen-bond acceptors (Lipinski definition) is 2. The Bertz CT molecular complexity index is 410. The van der Waals surface area contributed by atoms with Gasteiger partial charge in [-0.2, -0.15) is 0 Å². The van der Waals surface area contributed by atoms with E-state index in [1.165, 1.54) is 0 Å². The van der Waals surface area contributed by atoms with Crippen LogP contribution in [-0.2, 0) is 9.59 Å². The standard InChI is InChI=1S/C13H14Cl2O2/c14-9-5-2-1-4-8(9)13(17)12-10(15)6-3-7-11(12)16/h2,5,10,12H,1,3-4,6-7H2. The van der Waals surface area contributed by atoms with Gasteiger partial charge in [-0.15, -0.1) is 11.6 Å². The number of rotatable bonds is 2. The van der Waals surface area contributed by atoms with Gasteiger partial charge in [0, 0.05) is 17.0 Å². The number of hydrogen-bond donors (Lipinski definition) is 0. The van der Waals surface area contributed by atoms with Crippen molar-refractivity contribution in [2.24, 2.45) is 5.92 Å². The van der Waals surface area contributed by atoms with Gasteiger partial charge < -0.3 is 0 Å².